The minimum Gasteiger partial charge on any atom is -0.493 e. The normalized spacial score (nSPS) is 17.9. The first-order valence-electron chi connectivity index (χ1n) is 4.76. The summed E-state index contributed by atoms with van der Waals surface area (Å²) in [6, 6.07) is 4.18. The molecule has 84 valence electrons. The molecule has 2 rings (SSSR count). The van der Waals surface area contributed by atoms with Gasteiger partial charge in [-0.05, 0) is 36.1 Å². The molecule has 4 heteroatoms. The van der Waals surface area contributed by atoms with Crippen molar-refractivity contribution >= 4 is 12.4 Å². The molecule has 0 heterocycles. The number of hydrogen-bond acceptors (Lipinski definition) is 3. The molecule has 3 nitrogen and oxygen atoms in total. The van der Waals surface area contributed by atoms with Gasteiger partial charge in [0.05, 0.1) is 14.2 Å². The molecule has 0 unspecified atom stereocenters. The van der Waals surface area contributed by atoms with Crippen molar-refractivity contribution in [2.24, 2.45) is 5.73 Å². The Labute approximate surface area is 96.0 Å². The number of methoxy groups -OCH3 is 2. The average Bonchev–Trinajstić information content (AvgIpc) is 2.58. The summed E-state index contributed by atoms with van der Waals surface area (Å²) in [7, 11) is 3.30. The third-order valence-corrected chi connectivity index (χ3v) is 2.77. The maximum absolute atomic E-state index is 5.97. The number of halogens is 1. The first-order valence-corrected chi connectivity index (χ1v) is 4.76. The molecule has 1 aliphatic carbocycles. The van der Waals surface area contributed by atoms with Gasteiger partial charge in [0.2, 0.25) is 0 Å². The zero-order chi connectivity index (χ0) is 10.1. The largest absolute Gasteiger partial charge is 0.493 e. The summed E-state index contributed by atoms with van der Waals surface area (Å²) in [6.45, 7) is 0. The van der Waals surface area contributed by atoms with Crippen LogP contribution in [0.25, 0.3) is 0 Å². The second-order valence-electron chi connectivity index (χ2n) is 3.55. The molecule has 0 radical (unpaired) electrons. The van der Waals surface area contributed by atoms with Gasteiger partial charge in [-0.15, -0.1) is 12.4 Å². The minimum atomic E-state index is 0. The number of ether oxygens (including phenoxy) is 2. The second kappa shape index (κ2) is 4.73. The number of aryl methyl sites for hydroxylation is 1. The van der Waals surface area contributed by atoms with Crippen LogP contribution in [-0.4, -0.2) is 14.2 Å². The lowest BCUT2D eigenvalue weighted by atomic mass is 10.1. The SMILES string of the molecule is COc1cc2c(cc1OC)[C@H](N)CC2.Cl. The lowest BCUT2D eigenvalue weighted by molar-refractivity contribution is 0.354. The van der Waals surface area contributed by atoms with E-state index >= 15 is 0 Å². The molecule has 1 aliphatic rings. The lowest BCUT2D eigenvalue weighted by Gasteiger charge is -2.11. The summed E-state index contributed by atoms with van der Waals surface area (Å²) in [5.41, 5.74) is 8.45. The van der Waals surface area contributed by atoms with E-state index in [9.17, 15) is 0 Å². The molecule has 15 heavy (non-hydrogen) atoms. The number of fused-ring (bicyclic) bond motifs is 1. The Balaban J connectivity index is 0.00000112. The fourth-order valence-electron chi connectivity index (χ4n) is 1.96. The predicted octanol–water partition coefficient (Wildman–Crippen LogP) is 2.07. The summed E-state index contributed by atoms with van der Waals surface area (Å²) in [5.74, 6) is 1.56. The molecule has 1 aromatic rings. The van der Waals surface area contributed by atoms with Gasteiger partial charge >= 0.3 is 0 Å². The van der Waals surface area contributed by atoms with E-state index in [1.807, 2.05) is 12.1 Å². The molecule has 0 fully saturated rings. The van der Waals surface area contributed by atoms with Crippen molar-refractivity contribution in [1.82, 2.24) is 0 Å². The van der Waals surface area contributed by atoms with Gasteiger partial charge in [0.15, 0.2) is 11.5 Å². The molecule has 0 bridgehead atoms. The van der Waals surface area contributed by atoms with Crippen LogP contribution in [-0.2, 0) is 6.42 Å². The van der Waals surface area contributed by atoms with Crippen molar-refractivity contribution in [2.75, 3.05) is 14.2 Å². The van der Waals surface area contributed by atoms with E-state index in [0.29, 0.717) is 0 Å². The molecule has 2 N–H and O–H groups in total. The molecule has 1 atom stereocenters. The zero-order valence-electron chi connectivity index (χ0n) is 8.95. The Bertz CT molecular complexity index is 354. The first kappa shape index (κ1) is 12.1. The number of hydrogen-bond donors (Lipinski definition) is 1. The summed E-state index contributed by atoms with van der Waals surface area (Å²) in [5, 5.41) is 0. The van der Waals surface area contributed by atoms with E-state index in [0.717, 1.165) is 24.3 Å². The minimum absolute atomic E-state index is 0. The third kappa shape index (κ3) is 2.03. The Hall–Kier alpha value is -0.930. The van der Waals surface area contributed by atoms with Crippen LogP contribution in [0, 0.1) is 0 Å². The van der Waals surface area contributed by atoms with Gasteiger partial charge in [-0.1, -0.05) is 0 Å². The summed E-state index contributed by atoms with van der Waals surface area (Å²) in [6.07, 6.45) is 2.06. The topological polar surface area (TPSA) is 44.5 Å². The Morgan fingerprint density at radius 2 is 1.80 bits per heavy atom. The maximum Gasteiger partial charge on any atom is 0.161 e. The van der Waals surface area contributed by atoms with Crippen molar-refractivity contribution in [1.29, 1.82) is 0 Å². The molecule has 0 saturated carbocycles. The van der Waals surface area contributed by atoms with Gasteiger partial charge in [0.1, 0.15) is 0 Å². The van der Waals surface area contributed by atoms with Crippen LogP contribution in [0.3, 0.4) is 0 Å². The molecule has 0 aromatic heterocycles. The second-order valence-corrected chi connectivity index (χ2v) is 3.55. The first-order chi connectivity index (χ1) is 6.76. The zero-order valence-corrected chi connectivity index (χ0v) is 9.76. The van der Waals surface area contributed by atoms with Crippen LogP contribution in [0.2, 0.25) is 0 Å². The highest BCUT2D eigenvalue weighted by molar-refractivity contribution is 5.85. The van der Waals surface area contributed by atoms with Crippen LogP contribution in [0.1, 0.15) is 23.6 Å². The smallest absolute Gasteiger partial charge is 0.161 e. The van der Waals surface area contributed by atoms with Crippen molar-refractivity contribution in [3.8, 4) is 11.5 Å². The summed E-state index contributed by atoms with van der Waals surface area (Å²) < 4.78 is 10.5. The molecular weight excluding hydrogens is 214 g/mol. The van der Waals surface area contributed by atoms with Gasteiger partial charge < -0.3 is 15.2 Å². The van der Waals surface area contributed by atoms with Crippen molar-refractivity contribution in [3.63, 3.8) is 0 Å². The standard InChI is InChI=1S/C11H15NO2.ClH/c1-13-10-5-7-3-4-9(12)8(7)6-11(10)14-2;/h5-6,9H,3-4,12H2,1-2H3;1H/t9-;/m1./s1. The Morgan fingerprint density at radius 1 is 1.20 bits per heavy atom. The van der Waals surface area contributed by atoms with Crippen LogP contribution in [0.4, 0.5) is 0 Å². The highest BCUT2D eigenvalue weighted by atomic mass is 35.5. The van der Waals surface area contributed by atoms with E-state index in [2.05, 4.69) is 0 Å². The van der Waals surface area contributed by atoms with E-state index in [-0.39, 0.29) is 18.4 Å². The number of rotatable bonds is 2. The molecule has 0 amide bonds. The quantitative estimate of drug-likeness (QED) is 0.845. The van der Waals surface area contributed by atoms with Gasteiger partial charge in [0, 0.05) is 6.04 Å². The molecule has 0 spiro atoms. The van der Waals surface area contributed by atoms with Gasteiger partial charge in [-0.3, -0.25) is 0 Å². The van der Waals surface area contributed by atoms with E-state index in [4.69, 9.17) is 15.2 Å². The third-order valence-electron chi connectivity index (χ3n) is 2.77. The van der Waals surface area contributed by atoms with Gasteiger partial charge in [0.25, 0.3) is 0 Å². The lowest BCUT2D eigenvalue weighted by Crippen LogP contribution is -2.05. The molecule has 0 saturated heterocycles. The number of nitrogens with two attached hydrogens (primary N) is 1. The van der Waals surface area contributed by atoms with E-state index < -0.39 is 0 Å². The predicted molar refractivity (Wildman–Crippen MR) is 62.0 cm³/mol. The summed E-state index contributed by atoms with van der Waals surface area (Å²) >= 11 is 0. The van der Waals surface area contributed by atoms with Crippen molar-refractivity contribution in [2.45, 2.75) is 18.9 Å². The van der Waals surface area contributed by atoms with E-state index in [1.165, 1.54) is 11.1 Å². The highest BCUT2D eigenvalue weighted by Crippen LogP contribution is 2.38. The van der Waals surface area contributed by atoms with Crippen molar-refractivity contribution < 1.29 is 9.47 Å². The monoisotopic (exact) mass is 229 g/mol. The maximum atomic E-state index is 5.97. The Morgan fingerprint density at radius 3 is 2.40 bits per heavy atom. The molecule has 0 aliphatic heterocycles. The van der Waals surface area contributed by atoms with Crippen molar-refractivity contribution in [3.05, 3.63) is 23.3 Å². The van der Waals surface area contributed by atoms with Crippen LogP contribution in [0.15, 0.2) is 12.1 Å². The van der Waals surface area contributed by atoms with Crippen LogP contribution in [0.5, 0.6) is 11.5 Å². The fourth-order valence-corrected chi connectivity index (χ4v) is 1.96. The summed E-state index contributed by atoms with van der Waals surface area (Å²) in [4.78, 5) is 0. The molecular formula is C11H16ClNO2. The number of benzene rings is 1. The average molecular weight is 230 g/mol. The van der Waals surface area contributed by atoms with Crippen LogP contribution >= 0.6 is 12.4 Å². The Kier molecular flexibility index (Phi) is 3.83. The van der Waals surface area contributed by atoms with Crippen LogP contribution < -0.4 is 15.2 Å². The van der Waals surface area contributed by atoms with Gasteiger partial charge in [-0.25, -0.2) is 0 Å². The van der Waals surface area contributed by atoms with Gasteiger partial charge in [-0.2, -0.15) is 0 Å². The molecule has 1 aromatic carbocycles. The van der Waals surface area contributed by atoms with E-state index in [1.54, 1.807) is 14.2 Å². The fraction of sp³-hybridized carbons (Fsp3) is 0.455. The highest BCUT2D eigenvalue weighted by Gasteiger charge is 2.21.